The number of methoxy groups -OCH3 is 1. The Morgan fingerprint density at radius 1 is 1.05 bits per heavy atom. The van der Waals surface area contributed by atoms with E-state index in [2.05, 4.69) is 4.99 Å². The van der Waals surface area contributed by atoms with Crippen molar-refractivity contribution in [1.82, 2.24) is 0 Å². The lowest BCUT2D eigenvalue weighted by Gasteiger charge is -2.08. The molecule has 0 spiro atoms. The number of aromatic hydroxyl groups is 1. The Morgan fingerprint density at radius 2 is 1.75 bits per heavy atom. The van der Waals surface area contributed by atoms with Crippen molar-refractivity contribution in [2.24, 2.45) is 4.99 Å². The molecule has 0 bridgehead atoms. The summed E-state index contributed by atoms with van der Waals surface area (Å²) in [6.07, 6.45) is 1.64. The van der Waals surface area contributed by atoms with Gasteiger partial charge >= 0.3 is 0 Å². The summed E-state index contributed by atoms with van der Waals surface area (Å²) in [6.45, 7) is 0.955. The molecule has 0 amide bonds. The van der Waals surface area contributed by atoms with E-state index in [1.54, 1.807) is 31.5 Å². The molecule has 20 heavy (non-hydrogen) atoms. The van der Waals surface area contributed by atoms with Gasteiger partial charge < -0.3 is 14.6 Å². The first-order valence-electron chi connectivity index (χ1n) is 6.35. The molecule has 0 atom stereocenters. The van der Waals surface area contributed by atoms with Gasteiger partial charge in [0.2, 0.25) is 0 Å². The van der Waals surface area contributed by atoms with Gasteiger partial charge in [0.25, 0.3) is 0 Å². The average Bonchev–Trinajstić information content (AvgIpc) is 2.49. The van der Waals surface area contributed by atoms with Crippen LogP contribution in [-0.2, 0) is 0 Å². The summed E-state index contributed by atoms with van der Waals surface area (Å²) in [4.78, 5) is 4.22. The van der Waals surface area contributed by atoms with Gasteiger partial charge in [-0.05, 0) is 24.3 Å². The largest absolute Gasteiger partial charge is 0.507 e. The van der Waals surface area contributed by atoms with E-state index < -0.39 is 0 Å². The first-order chi connectivity index (χ1) is 9.81. The van der Waals surface area contributed by atoms with Gasteiger partial charge in [0.05, 0.1) is 13.7 Å². The monoisotopic (exact) mass is 271 g/mol. The number of benzene rings is 2. The van der Waals surface area contributed by atoms with Gasteiger partial charge in [-0.1, -0.05) is 24.3 Å². The fourth-order valence-electron chi connectivity index (χ4n) is 1.71. The highest BCUT2D eigenvalue weighted by Crippen LogP contribution is 2.25. The zero-order valence-electron chi connectivity index (χ0n) is 11.3. The Bertz CT molecular complexity index is 581. The fraction of sp³-hybridized carbons (Fsp3) is 0.188. The third kappa shape index (κ3) is 3.75. The number of hydrogen-bond donors (Lipinski definition) is 1. The van der Waals surface area contributed by atoms with Crippen molar-refractivity contribution < 1.29 is 14.6 Å². The van der Waals surface area contributed by atoms with Crippen LogP contribution in [0.15, 0.2) is 53.5 Å². The quantitative estimate of drug-likeness (QED) is 0.649. The number of hydrogen-bond acceptors (Lipinski definition) is 4. The van der Waals surface area contributed by atoms with E-state index in [-0.39, 0.29) is 5.75 Å². The van der Waals surface area contributed by atoms with Gasteiger partial charge in [-0.15, -0.1) is 0 Å². The summed E-state index contributed by atoms with van der Waals surface area (Å²) >= 11 is 0. The minimum Gasteiger partial charge on any atom is -0.507 e. The number of ether oxygens (including phenoxy) is 2. The van der Waals surface area contributed by atoms with Crippen molar-refractivity contribution in [3.05, 3.63) is 54.1 Å². The molecule has 0 unspecified atom stereocenters. The lowest BCUT2D eigenvalue weighted by Crippen LogP contribution is -2.02. The fourth-order valence-corrected chi connectivity index (χ4v) is 1.71. The molecule has 2 aromatic rings. The maximum absolute atomic E-state index is 9.57. The van der Waals surface area contributed by atoms with Crippen LogP contribution in [-0.4, -0.2) is 31.6 Å². The molecule has 0 heterocycles. The molecular weight excluding hydrogens is 254 g/mol. The Hall–Kier alpha value is -2.49. The number of phenols is 1. The number of rotatable bonds is 6. The molecule has 1 N–H and O–H groups in total. The molecule has 4 heteroatoms. The van der Waals surface area contributed by atoms with Crippen LogP contribution in [0.3, 0.4) is 0 Å². The van der Waals surface area contributed by atoms with Crippen molar-refractivity contribution in [3.63, 3.8) is 0 Å². The molecule has 4 nitrogen and oxygen atoms in total. The standard InChI is InChI=1S/C16H17NO3/c1-19-15-8-4-5-9-16(15)20-11-10-17-12-13-6-2-3-7-14(13)18/h2-9,12,18H,10-11H2,1H3. The zero-order valence-corrected chi connectivity index (χ0v) is 11.3. The topological polar surface area (TPSA) is 51.0 Å². The predicted molar refractivity (Wildman–Crippen MR) is 79.1 cm³/mol. The minimum absolute atomic E-state index is 0.224. The third-order valence-corrected chi connectivity index (χ3v) is 2.71. The summed E-state index contributed by atoms with van der Waals surface area (Å²) in [7, 11) is 1.61. The molecule has 104 valence electrons. The Balaban J connectivity index is 1.83. The van der Waals surface area contributed by atoms with Gasteiger partial charge in [0.15, 0.2) is 11.5 Å². The van der Waals surface area contributed by atoms with Crippen LogP contribution in [0, 0.1) is 0 Å². The van der Waals surface area contributed by atoms with Crippen LogP contribution >= 0.6 is 0 Å². The van der Waals surface area contributed by atoms with Crippen LogP contribution in [0.25, 0.3) is 0 Å². The minimum atomic E-state index is 0.224. The highest BCUT2D eigenvalue weighted by Gasteiger charge is 2.01. The van der Waals surface area contributed by atoms with E-state index in [1.165, 1.54) is 0 Å². The molecule has 0 radical (unpaired) electrons. The van der Waals surface area contributed by atoms with E-state index in [1.807, 2.05) is 30.3 Å². The molecule has 0 saturated heterocycles. The molecule has 2 rings (SSSR count). The Kier molecular flexibility index (Phi) is 5.00. The molecule has 2 aromatic carbocycles. The summed E-state index contributed by atoms with van der Waals surface area (Å²) < 4.78 is 10.8. The molecule has 0 aromatic heterocycles. The summed E-state index contributed by atoms with van der Waals surface area (Å²) in [6, 6.07) is 14.5. The number of aliphatic imine (C=N–C) groups is 1. The summed E-state index contributed by atoms with van der Waals surface area (Å²) in [5, 5.41) is 9.57. The van der Waals surface area contributed by atoms with Gasteiger partial charge in [-0.25, -0.2) is 0 Å². The van der Waals surface area contributed by atoms with E-state index in [0.717, 1.165) is 0 Å². The van der Waals surface area contributed by atoms with Crippen LogP contribution in [0.1, 0.15) is 5.56 Å². The van der Waals surface area contributed by atoms with E-state index in [0.29, 0.717) is 30.2 Å². The number of phenolic OH excluding ortho intramolecular Hbond substituents is 1. The second-order valence-corrected chi connectivity index (χ2v) is 4.09. The summed E-state index contributed by atoms with van der Waals surface area (Å²) in [5.41, 5.74) is 0.699. The molecule has 0 aliphatic rings. The summed E-state index contributed by atoms with van der Waals surface area (Å²) in [5.74, 6) is 1.63. The van der Waals surface area contributed by atoms with E-state index in [4.69, 9.17) is 9.47 Å². The van der Waals surface area contributed by atoms with Crippen LogP contribution < -0.4 is 9.47 Å². The van der Waals surface area contributed by atoms with E-state index >= 15 is 0 Å². The first kappa shape index (κ1) is 13.9. The Labute approximate surface area is 118 Å². The smallest absolute Gasteiger partial charge is 0.161 e. The van der Waals surface area contributed by atoms with Crippen molar-refractivity contribution in [1.29, 1.82) is 0 Å². The van der Waals surface area contributed by atoms with Crippen LogP contribution in [0.2, 0.25) is 0 Å². The zero-order chi connectivity index (χ0) is 14.2. The lowest BCUT2D eigenvalue weighted by molar-refractivity contribution is 0.303. The van der Waals surface area contributed by atoms with Crippen molar-refractivity contribution in [2.75, 3.05) is 20.3 Å². The van der Waals surface area contributed by atoms with Crippen LogP contribution in [0.5, 0.6) is 17.2 Å². The molecule has 0 saturated carbocycles. The van der Waals surface area contributed by atoms with E-state index in [9.17, 15) is 5.11 Å². The first-order valence-corrected chi connectivity index (χ1v) is 6.35. The normalized spacial score (nSPS) is 10.7. The molecular formula is C16H17NO3. The molecule has 0 aliphatic heterocycles. The SMILES string of the molecule is COc1ccccc1OCCN=Cc1ccccc1O. The molecule has 0 fully saturated rings. The van der Waals surface area contributed by atoms with Gasteiger partial charge in [-0.2, -0.15) is 0 Å². The Morgan fingerprint density at radius 3 is 2.50 bits per heavy atom. The van der Waals surface area contributed by atoms with Gasteiger partial charge in [-0.3, -0.25) is 4.99 Å². The van der Waals surface area contributed by atoms with Crippen molar-refractivity contribution >= 4 is 6.21 Å². The number of para-hydroxylation sites is 3. The maximum atomic E-state index is 9.57. The highest BCUT2D eigenvalue weighted by molar-refractivity contribution is 5.83. The predicted octanol–water partition coefficient (Wildman–Crippen LogP) is 2.90. The average molecular weight is 271 g/mol. The lowest BCUT2D eigenvalue weighted by atomic mass is 10.2. The highest BCUT2D eigenvalue weighted by atomic mass is 16.5. The van der Waals surface area contributed by atoms with Crippen molar-refractivity contribution in [2.45, 2.75) is 0 Å². The molecule has 0 aliphatic carbocycles. The van der Waals surface area contributed by atoms with Crippen LogP contribution in [0.4, 0.5) is 0 Å². The maximum Gasteiger partial charge on any atom is 0.161 e. The van der Waals surface area contributed by atoms with Gasteiger partial charge in [0, 0.05) is 11.8 Å². The second-order valence-electron chi connectivity index (χ2n) is 4.09. The second kappa shape index (κ2) is 7.19. The number of nitrogens with zero attached hydrogens (tertiary/aromatic N) is 1. The van der Waals surface area contributed by atoms with Crippen molar-refractivity contribution in [3.8, 4) is 17.2 Å². The van der Waals surface area contributed by atoms with Gasteiger partial charge in [0.1, 0.15) is 12.4 Å². The third-order valence-electron chi connectivity index (χ3n) is 2.71.